The summed E-state index contributed by atoms with van der Waals surface area (Å²) < 4.78 is 2.56. The number of amides is 2. The Labute approximate surface area is 188 Å². The van der Waals surface area contributed by atoms with Gasteiger partial charge in [-0.2, -0.15) is 4.98 Å². The number of hydrogen-bond acceptors (Lipinski definition) is 5. The zero-order valence-electron chi connectivity index (χ0n) is 18.8. The van der Waals surface area contributed by atoms with E-state index in [0.717, 1.165) is 62.2 Å². The van der Waals surface area contributed by atoms with Crippen LogP contribution >= 0.6 is 0 Å². The molecule has 172 valence electrons. The molecule has 2 aliphatic rings. The lowest BCUT2D eigenvalue weighted by molar-refractivity contribution is -0.914. The van der Waals surface area contributed by atoms with Crippen molar-refractivity contribution in [1.82, 2.24) is 19.8 Å². The Hall–Kier alpha value is -2.75. The van der Waals surface area contributed by atoms with Gasteiger partial charge in [0.1, 0.15) is 5.82 Å². The number of urea groups is 1. The number of carbonyl (C=O) groups is 1. The molecular formula is C23H34N7O2+. The van der Waals surface area contributed by atoms with E-state index < -0.39 is 5.69 Å². The highest BCUT2D eigenvalue weighted by molar-refractivity contribution is 5.88. The molecule has 2 aromatic rings. The number of hydrogen-bond donors (Lipinski definition) is 3. The van der Waals surface area contributed by atoms with Gasteiger partial charge >= 0.3 is 11.7 Å². The van der Waals surface area contributed by atoms with Gasteiger partial charge in [-0.3, -0.25) is 9.88 Å². The minimum Gasteiger partial charge on any atom is -0.327 e. The minimum atomic E-state index is -0.418. The molecule has 4 N–H and O–H groups in total. The molecule has 9 nitrogen and oxygen atoms in total. The van der Waals surface area contributed by atoms with E-state index in [-0.39, 0.29) is 11.8 Å². The van der Waals surface area contributed by atoms with Crippen LogP contribution in [0.2, 0.25) is 0 Å². The van der Waals surface area contributed by atoms with E-state index in [1.165, 1.54) is 10.1 Å². The first kappa shape index (κ1) is 22.4. The Kier molecular flexibility index (Phi) is 6.88. The zero-order valence-corrected chi connectivity index (χ0v) is 18.8. The maximum absolute atomic E-state index is 12.5. The van der Waals surface area contributed by atoms with Crippen LogP contribution in [-0.2, 0) is 6.42 Å². The molecule has 0 saturated carbocycles. The second-order valence-electron chi connectivity index (χ2n) is 9.18. The first-order valence-electron chi connectivity index (χ1n) is 11.5. The molecular weight excluding hydrogens is 406 g/mol. The summed E-state index contributed by atoms with van der Waals surface area (Å²) >= 11 is 0. The monoisotopic (exact) mass is 440 g/mol. The molecule has 0 spiro atoms. The molecule has 2 amide bonds. The molecule has 2 fully saturated rings. The number of likely N-dealkylation sites (N-methyl/N-ethyl adjacent to an activating group) is 1. The molecule has 9 heteroatoms. The second kappa shape index (κ2) is 9.81. The van der Waals surface area contributed by atoms with Crippen LogP contribution in [-0.4, -0.2) is 83.9 Å². The predicted molar refractivity (Wildman–Crippen MR) is 125 cm³/mol. The number of piperazine rings is 1. The summed E-state index contributed by atoms with van der Waals surface area (Å²) in [5, 5.41) is 5.92. The number of aromatic nitrogens is 2. The molecule has 0 unspecified atom stereocenters. The van der Waals surface area contributed by atoms with Crippen molar-refractivity contribution in [2.24, 2.45) is 5.73 Å². The van der Waals surface area contributed by atoms with Crippen LogP contribution in [0.25, 0.3) is 5.69 Å². The van der Waals surface area contributed by atoms with E-state index in [2.05, 4.69) is 34.8 Å². The Balaban J connectivity index is 1.36. The van der Waals surface area contributed by atoms with Crippen molar-refractivity contribution in [3.8, 4) is 5.69 Å². The Morgan fingerprint density at radius 2 is 1.88 bits per heavy atom. The van der Waals surface area contributed by atoms with E-state index in [1.807, 2.05) is 12.1 Å². The van der Waals surface area contributed by atoms with Crippen LogP contribution in [0.1, 0.15) is 18.4 Å². The van der Waals surface area contributed by atoms with Crippen LogP contribution in [0.4, 0.5) is 10.6 Å². The molecule has 4 rings (SSSR count). The molecule has 0 radical (unpaired) electrons. The number of quaternary nitrogens is 1. The summed E-state index contributed by atoms with van der Waals surface area (Å²) in [4.78, 5) is 30.6. The van der Waals surface area contributed by atoms with Crippen LogP contribution in [0.3, 0.4) is 0 Å². The highest BCUT2D eigenvalue weighted by Crippen LogP contribution is 2.17. The van der Waals surface area contributed by atoms with Gasteiger partial charge in [0.15, 0.2) is 0 Å². The Bertz CT molecular complexity index is 975. The van der Waals surface area contributed by atoms with E-state index >= 15 is 0 Å². The maximum atomic E-state index is 12.5. The number of anilines is 1. The van der Waals surface area contributed by atoms with Crippen molar-refractivity contribution >= 4 is 11.8 Å². The SMILES string of the molecule is C[N+]1(CCc2ccc(-n3ccc(NC(=O)N4CCNCC4)nc3=O)cc2)CCC(N)CC1. The molecule has 2 saturated heterocycles. The first-order chi connectivity index (χ1) is 15.4. The third-order valence-corrected chi connectivity index (χ3v) is 6.68. The topological polar surface area (TPSA) is 105 Å². The average Bonchev–Trinajstić information content (AvgIpc) is 2.81. The number of nitrogens with two attached hydrogens (primary N) is 1. The number of piperidine rings is 1. The number of likely N-dealkylation sites (tertiary alicyclic amines) is 1. The van der Waals surface area contributed by atoms with Crippen molar-refractivity contribution in [2.75, 3.05) is 58.2 Å². The normalized spacial score (nSPS) is 23.7. The molecule has 0 bridgehead atoms. The van der Waals surface area contributed by atoms with Gasteiger partial charge in [-0.1, -0.05) is 12.1 Å². The van der Waals surface area contributed by atoms with Gasteiger partial charge in [-0.05, 0) is 23.8 Å². The summed E-state index contributed by atoms with van der Waals surface area (Å²) in [6.07, 6.45) is 4.84. The lowest BCUT2D eigenvalue weighted by Crippen LogP contribution is -2.53. The number of benzene rings is 1. The molecule has 1 aromatic heterocycles. The smallest absolute Gasteiger partial charge is 0.327 e. The standard InChI is InChI=1S/C23H33N7O2/c1-30(16-8-19(24)9-17-30)15-7-18-2-4-20(5-3-18)29-12-6-21(27-23(29)32)26-22(31)28-13-10-25-11-14-28/h2-6,12,19,25H,7-11,13-17,24H2,1H3/p+1. The lowest BCUT2D eigenvalue weighted by Gasteiger charge is -2.39. The van der Waals surface area contributed by atoms with Crippen molar-refractivity contribution in [1.29, 1.82) is 0 Å². The fraction of sp³-hybridized carbons (Fsp3) is 0.522. The van der Waals surface area contributed by atoms with Gasteiger partial charge in [0.05, 0.1) is 32.4 Å². The van der Waals surface area contributed by atoms with E-state index in [1.54, 1.807) is 17.2 Å². The number of carbonyl (C=O) groups excluding carboxylic acids is 1. The van der Waals surface area contributed by atoms with Gasteiger partial charge in [-0.15, -0.1) is 0 Å². The van der Waals surface area contributed by atoms with Crippen molar-refractivity contribution in [3.63, 3.8) is 0 Å². The van der Waals surface area contributed by atoms with E-state index in [0.29, 0.717) is 19.1 Å². The molecule has 2 aliphatic heterocycles. The van der Waals surface area contributed by atoms with Crippen LogP contribution < -0.4 is 22.1 Å². The van der Waals surface area contributed by atoms with Gasteiger partial charge in [0.25, 0.3) is 0 Å². The Morgan fingerprint density at radius 1 is 1.19 bits per heavy atom. The highest BCUT2D eigenvalue weighted by atomic mass is 16.2. The predicted octanol–water partition coefficient (Wildman–Crippen LogP) is 0.780. The summed E-state index contributed by atoms with van der Waals surface area (Å²) in [5.74, 6) is 0.268. The van der Waals surface area contributed by atoms with Crippen molar-refractivity contribution < 1.29 is 9.28 Å². The van der Waals surface area contributed by atoms with Gasteiger partial charge in [0, 0.05) is 57.7 Å². The summed E-state index contributed by atoms with van der Waals surface area (Å²) in [7, 11) is 2.31. The third-order valence-electron chi connectivity index (χ3n) is 6.68. The number of nitrogens with one attached hydrogen (secondary N) is 2. The third kappa shape index (κ3) is 5.53. The van der Waals surface area contributed by atoms with Gasteiger partial charge in [0.2, 0.25) is 0 Å². The quantitative estimate of drug-likeness (QED) is 0.596. The van der Waals surface area contributed by atoms with E-state index in [4.69, 9.17) is 5.73 Å². The number of rotatable bonds is 5. The molecule has 1 aromatic carbocycles. The number of nitrogens with zero attached hydrogens (tertiary/aromatic N) is 4. The molecule has 32 heavy (non-hydrogen) atoms. The maximum Gasteiger partial charge on any atom is 0.354 e. The van der Waals surface area contributed by atoms with Crippen LogP contribution in [0.5, 0.6) is 0 Å². The summed E-state index contributed by atoms with van der Waals surface area (Å²) in [6.45, 7) is 6.18. The Morgan fingerprint density at radius 3 is 2.53 bits per heavy atom. The van der Waals surface area contributed by atoms with Crippen LogP contribution in [0.15, 0.2) is 41.3 Å². The molecule has 3 heterocycles. The minimum absolute atomic E-state index is 0.229. The van der Waals surface area contributed by atoms with Crippen LogP contribution in [0, 0.1) is 0 Å². The fourth-order valence-corrected chi connectivity index (χ4v) is 4.38. The van der Waals surface area contributed by atoms with Crippen molar-refractivity contribution in [3.05, 3.63) is 52.6 Å². The van der Waals surface area contributed by atoms with Crippen molar-refractivity contribution in [2.45, 2.75) is 25.3 Å². The zero-order chi connectivity index (χ0) is 22.6. The first-order valence-corrected chi connectivity index (χ1v) is 11.5. The molecule has 0 atom stereocenters. The second-order valence-corrected chi connectivity index (χ2v) is 9.18. The van der Waals surface area contributed by atoms with E-state index in [9.17, 15) is 9.59 Å². The van der Waals surface area contributed by atoms with Gasteiger partial charge in [-0.25, -0.2) is 9.59 Å². The molecule has 0 aliphatic carbocycles. The van der Waals surface area contributed by atoms with Gasteiger partial charge < -0.3 is 20.4 Å². The average molecular weight is 441 g/mol. The fourth-order valence-electron chi connectivity index (χ4n) is 4.38. The highest BCUT2D eigenvalue weighted by Gasteiger charge is 2.27. The largest absolute Gasteiger partial charge is 0.354 e. The summed E-state index contributed by atoms with van der Waals surface area (Å²) in [6, 6.07) is 9.82. The summed E-state index contributed by atoms with van der Waals surface area (Å²) in [5.41, 5.74) is 7.64. The lowest BCUT2D eigenvalue weighted by atomic mass is 10.0.